The Hall–Kier alpha value is -1.48. The molecule has 3 rings (SSSR count). The van der Waals surface area contributed by atoms with Crippen molar-refractivity contribution in [2.45, 2.75) is 13.0 Å². The lowest BCUT2D eigenvalue weighted by Crippen LogP contribution is -1.98. The number of benzene rings is 2. The number of hydrogen-bond acceptors (Lipinski definition) is 2. The van der Waals surface area contributed by atoms with Crippen LogP contribution in [0.5, 0.6) is 0 Å². The van der Waals surface area contributed by atoms with Crippen molar-refractivity contribution in [1.29, 1.82) is 0 Å². The summed E-state index contributed by atoms with van der Waals surface area (Å²) in [6, 6.07) is 12.7. The molecule has 1 aromatic heterocycles. The molecule has 0 aliphatic carbocycles. The van der Waals surface area contributed by atoms with Gasteiger partial charge in [0.15, 0.2) is 0 Å². The van der Waals surface area contributed by atoms with E-state index < -0.39 is 6.10 Å². The molecule has 0 aliphatic heterocycles. The van der Waals surface area contributed by atoms with Gasteiger partial charge in [0.05, 0.1) is 0 Å². The zero-order valence-corrected chi connectivity index (χ0v) is 12.2. The molecule has 2 nitrogen and oxygen atoms in total. The summed E-state index contributed by atoms with van der Waals surface area (Å²) in [6.07, 6.45) is -0.937. The van der Waals surface area contributed by atoms with Crippen LogP contribution in [0, 0.1) is 6.92 Å². The minimum absolute atomic E-state index is 0.457. The van der Waals surface area contributed by atoms with Gasteiger partial charge in [-0.3, -0.25) is 0 Å². The van der Waals surface area contributed by atoms with Gasteiger partial charge in [-0.1, -0.05) is 41.4 Å². The molecule has 0 radical (unpaired) electrons. The summed E-state index contributed by atoms with van der Waals surface area (Å²) >= 11 is 12.1. The highest BCUT2D eigenvalue weighted by molar-refractivity contribution is 6.33. The predicted octanol–water partition coefficient (Wildman–Crippen LogP) is 5.13. The molecule has 2 aromatic carbocycles. The Morgan fingerprint density at radius 2 is 1.90 bits per heavy atom. The Balaban J connectivity index is 2.10. The first-order valence-electron chi connectivity index (χ1n) is 6.18. The molecule has 3 aromatic rings. The lowest BCUT2D eigenvalue weighted by molar-refractivity contribution is 0.192. The monoisotopic (exact) mass is 306 g/mol. The van der Waals surface area contributed by atoms with E-state index in [-0.39, 0.29) is 0 Å². The Bertz CT molecular complexity index is 777. The van der Waals surface area contributed by atoms with Crippen LogP contribution in [-0.2, 0) is 0 Å². The fourth-order valence-electron chi connectivity index (χ4n) is 2.24. The van der Waals surface area contributed by atoms with E-state index in [0.29, 0.717) is 21.4 Å². The topological polar surface area (TPSA) is 33.4 Å². The van der Waals surface area contributed by atoms with E-state index in [1.165, 1.54) is 0 Å². The summed E-state index contributed by atoms with van der Waals surface area (Å²) in [5, 5.41) is 12.4. The van der Waals surface area contributed by atoms with Crippen LogP contribution in [0.2, 0.25) is 10.0 Å². The maximum atomic E-state index is 10.5. The number of fused-ring (bicyclic) bond motifs is 1. The molecule has 1 unspecified atom stereocenters. The number of furan rings is 1. The lowest BCUT2D eigenvalue weighted by atomic mass is 10.1. The van der Waals surface area contributed by atoms with Gasteiger partial charge in [0.2, 0.25) is 0 Å². The molecule has 1 N–H and O–H groups in total. The molecule has 20 heavy (non-hydrogen) atoms. The van der Waals surface area contributed by atoms with Crippen LogP contribution in [0.25, 0.3) is 11.0 Å². The van der Waals surface area contributed by atoms with E-state index in [1.54, 1.807) is 18.2 Å². The third kappa shape index (κ3) is 2.31. The Morgan fingerprint density at radius 3 is 2.65 bits per heavy atom. The van der Waals surface area contributed by atoms with Crippen molar-refractivity contribution < 1.29 is 9.52 Å². The number of aliphatic hydroxyl groups excluding tert-OH is 1. The van der Waals surface area contributed by atoms with E-state index >= 15 is 0 Å². The summed E-state index contributed by atoms with van der Waals surface area (Å²) < 4.78 is 5.76. The zero-order valence-electron chi connectivity index (χ0n) is 10.7. The molecule has 0 saturated heterocycles. The highest BCUT2D eigenvalue weighted by atomic mass is 35.5. The van der Waals surface area contributed by atoms with Gasteiger partial charge in [0.1, 0.15) is 17.4 Å². The van der Waals surface area contributed by atoms with Gasteiger partial charge in [-0.15, -0.1) is 0 Å². The van der Waals surface area contributed by atoms with Gasteiger partial charge in [0.25, 0.3) is 0 Å². The van der Waals surface area contributed by atoms with Crippen LogP contribution < -0.4 is 0 Å². The van der Waals surface area contributed by atoms with E-state index in [0.717, 1.165) is 16.5 Å². The average molecular weight is 307 g/mol. The summed E-state index contributed by atoms with van der Waals surface area (Å²) in [5.74, 6) is 0.457. The second-order valence-corrected chi connectivity index (χ2v) is 5.55. The highest BCUT2D eigenvalue weighted by Crippen LogP contribution is 2.34. The van der Waals surface area contributed by atoms with Crippen LogP contribution >= 0.6 is 23.2 Å². The normalized spacial score (nSPS) is 12.8. The minimum atomic E-state index is -0.937. The molecule has 0 amide bonds. The first-order chi connectivity index (χ1) is 9.56. The zero-order chi connectivity index (χ0) is 14.3. The average Bonchev–Trinajstić information content (AvgIpc) is 2.86. The van der Waals surface area contributed by atoms with E-state index in [1.807, 2.05) is 31.2 Å². The van der Waals surface area contributed by atoms with Crippen molar-refractivity contribution in [2.24, 2.45) is 0 Å². The van der Waals surface area contributed by atoms with Crippen LogP contribution in [0.3, 0.4) is 0 Å². The molecule has 0 spiro atoms. The van der Waals surface area contributed by atoms with Gasteiger partial charge in [-0.05, 0) is 36.8 Å². The third-order valence-corrected chi connectivity index (χ3v) is 3.86. The van der Waals surface area contributed by atoms with E-state index in [2.05, 4.69) is 0 Å². The molecule has 4 heteroatoms. The molecule has 0 saturated carbocycles. The fourth-order valence-corrected chi connectivity index (χ4v) is 2.64. The van der Waals surface area contributed by atoms with Gasteiger partial charge in [-0.25, -0.2) is 0 Å². The van der Waals surface area contributed by atoms with Gasteiger partial charge >= 0.3 is 0 Å². The van der Waals surface area contributed by atoms with Gasteiger partial charge in [0, 0.05) is 21.0 Å². The van der Waals surface area contributed by atoms with Crippen LogP contribution in [0.4, 0.5) is 0 Å². The highest BCUT2D eigenvalue weighted by Gasteiger charge is 2.19. The molecule has 1 heterocycles. The van der Waals surface area contributed by atoms with Crippen LogP contribution in [-0.4, -0.2) is 5.11 Å². The summed E-state index contributed by atoms with van der Waals surface area (Å²) in [5.41, 5.74) is 2.34. The smallest absolute Gasteiger partial charge is 0.138 e. The first-order valence-corrected chi connectivity index (χ1v) is 6.94. The number of halogens is 2. The number of para-hydroxylation sites is 1. The van der Waals surface area contributed by atoms with E-state index in [9.17, 15) is 5.11 Å². The number of aliphatic hydroxyl groups is 1. The minimum Gasteiger partial charge on any atom is -0.458 e. The molecule has 0 fully saturated rings. The van der Waals surface area contributed by atoms with Crippen molar-refractivity contribution in [3.05, 3.63) is 69.4 Å². The van der Waals surface area contributed by atoms with Crippen molar-refractivity contribution in [1.82, 2.24) is 0 Å². The second kappa shape index (κ2) is 5.13. The fraction of sp³-hybridized carbons (Fsp3) is 0.125. The number of rotatable bonds is 2. The largest absolute Gasteiger partial charge is 0.458 e. The molecular weight excluding hydrogens is 295 g/mol. The summed E-state index contributed by atoms with van der Waals surface area (Å²) in [7, 11) is 0. The first kappa shape index (κ1) is 13.5. The molecule has 102 valence electrons. The SMILES string of the molecule is Cc1cccc2cc(C(O)c3cc(Cl)ccc3Cl)oc12. The van der Waals surface area contributed by atoms with Crippen LogP contribution in [0.15, 0.2) is 46.9 Å². The Morgan fingerprint density at radius 1 is 1.10 bits per heavy atom. The molecule has 0 bridgehead atoms. The molecule has 0 aliphatic rings. The number of aryl methyl sites for hydroxylation is 1. The van der Waals surface area contributed by atoms with Crippen LogP contribution in [0.1, 0.15) is 23.0 Å². The van der Waals surface area contributed by atoms with Crippen molar-refractivity contribution in [3.63, 3.8) is 0 Å². The maximum absolute atomic E-state index is 10.5. The summed E-state index contributed by atoms with van der Waals surface area (Å²) in [4.78, 5) is 0. The molecular formula is C16H12Cl2O2. The lowest BCUT2D eigenvalue weighted by Gasteiger charge is -2.10. The second-order valence-electron chi connectivity index (χ2n) is 4.71. The van der Waals surface area contributed by atoms with Crippen molar-refractivity contribution in [2.75, 3.05) is 0 Å². The standard InChI is InChI=1S/C16H12Cl2O2/c1-9-3-2-4-10-7-14(20-16(9)10)15(19)12-8-11(17)5-6-13(12)18/h2-8,15,19H,1H3. The molecule has 1 atom stereocenters. The summed E-state index contributed by atoms with van der Waals surface area (Å²) in [6.45, 7) is 1.97. The maximum Gasteiger partial charge on any atom is 0.138 e. The Kier molecular flexibility index (Phi) is 3.47. The van der Waals surface area contributed by atoms with Crippen molar-refractivity contribution in [3.8, 4) is 0 Å². The predicted molar refractivity (Wildman–Crippen MR) is 81.5 cm³/mol. The Labute approximate surface area is 126 Å². The van der Waals surface area contributed by atoms with E-state index in [4.69, 9.17) is 27.6 Å². The van der Waals surface area contributed by atoms with Gasteiger partial charge in [-0.2, -0.15) is 0 Å². The quantitative estimate of drug-likeness (QED) is 0.712. The third-order valence-electron chi connectivity index (χ3n) is 3.28. The van der Waals surface area contributed by atoms with Crippen molar-refractivity contribution >= 4 is 34.2 Å². The number of hydrogen-bond donors (Lipinski definition) is 1. The van der Waals surface area contributed by atoms with Gasteiger partial charge < -0.3 is 9.52 Å².